The zero-order valence-corrected chi connectivity index (χ0v) is 18.4. The van der Waals surface area contributed by atoms with E-state index in [0.717, 1.165) is 26.2 Å². The molecule has 0 unspecified atom stereocenters. The summed E-state index contributed by atoms with van der Waals surface area (Å²) in [5, 5.41) is 23.8. The van der Waals surface area contributed by atoms with E-state index in [2.05, 4.69) is 45.1 Å². The molecule has 8 nitrogen and oxygen atoms in total. The molecule has 1 N–H and O–H groups in total. The van der Waals surface area contributed by atoms with Crippen LogP contribution in [0.4, 0.5) is 11.4 Å². The molecular weight excluding hydrogens is 440 g/mol. The van der Waals surface area contributed by atoms with Crippen LogP contribution in [0, 0.1) is 10.1 Å². The van der Waals surface area contributed by atoms with E-state index in [-0.39, 0.29) is 5.91 Å². The van der Waals surface area contributed by atoms with Crippen molar-refractivity contribution in [1.29, 1.82) is 0 Å². The van der Waals surface area contributed by atoms with Crippen LogP contribution in [0.3, 0.4) is 0 Å². The fourth-order valence-electron chi connectivity index (χ4n) is 4.08. The number of benzene rings is 3. The van der Waals surface area contributed by atoms with Gasteiger partial charge in [-0.05, 0) is 40.9 Å². The molecule has 2 heterocycles. The van der Waals surface area contributed by atoms with Crippen molar-refractivity contribution in [2.24, 2.45) is 4.99 Å². The highest BCUT2D eigenvalue weighted by atomic mass is 32.2. The molecule has 2 aliphatic heterocycles. The number of rotatable bonds is 3. The molecule has 1 amide bonds. The van der Waals surface area contributed by atoms with E-state index in [1.807, 2.05) is 12.1 Å². The van der Waals surface area contributed by atoms with E-state index in [0.29, 0.717) is 15.6 Å². The Balaban J connectivity index is 1.28. The van der Waals surface area contributed by atoms with Crippen molar-refractivity contribution in [1.82, 2.24) is 4.90 Å². The van der Waals surface area contributed by atoms with Crippen molar-refractivity contribution >= 4 is 51.1 Å². The molecule has 3 aromatic carbocycles. The van der Waals surface area contributed by atoms with Crippen molar-refractivity contribution in [3.8, 4) is 5.75 Å². The van der Waals surface area contributed by atoms with E-state index >= 15 is 0 Å². The summed E-state index contributed by atoms with van der Waals surface area (Å²) in [5.41, 5.74) is 1.28. The number of anilines is 1. The second-order valence-corrected chi connectivity index (χ2v) is 8.80. The normalized spacial score (nSPS) is 17.6. The Hall–Kier alpha value is -3.85. The minimum Gasteiger partial charge on any atom is -0.502 e. The first kappa shape index (κ1) is 21.0. The topological polar surface area (TPSA) is 99.3 Å². The first-order valence-electron chi connectivity index (χ1n) is 10.5. The minimum atomic E-state index is -0.654. The number of aliphatic imine (C=N–C) groups is 1. The van der Waals surface area contributed by atoms with Crippen LogP contribution in [0.5, 0.6) is 5.75 Å². The largest absolute Gasteiger partial charge is 0.502 e. The van der Waals surface area contributed by atoms with Gasteiger partial charge in [0.15, 0.2) is 10.9 Å². The monoisotopic (exact) mass is 460 g/mol. The number of aromatic hydroxyl groups is 1. The molecule has 0 aromatic heterocycles. The first-order chi connectivity index (χ1) is 16.0. The van der Waals surface area contributed by atoms with Gasteiger partial charge in [-0.15, -0.1) is 0 Å². The third kappa shape index (κ3) is 4.14. The van der Waals surface area contributed by atoms with Gasteiger partial charge in [-0.25, -0.2) is 0 Å². The van der Waals surface area contributed by atoms with E-state index in [1.165, 1.54) is 46.4 Å². The molecule has 0 bridgehead atoms. The maximum atomic E-state index is 12.5. The molecule has 3 aromatic rings. The van der Waals surface area contributed by atoms with Crippen molar-refractivity contribution in [2.45, 2.75) is 0 Å². The lowest BCUT2D eigenvalue weighted by Crippen LogP contribution is -2.47. The van der Waals surface area contributed by atoms with Gasteiger partial charge in [0.25, 0.3) is 5.91 Å². The van der Waals surface area contributed by atoms with Gasteiger partial charge >= 0.3 is 5.69 Å². The molecular formula is C24H20N4O4S. The van der Waals surface area contributed by atoms with Gasteiger partial charge in [0.05, 0.1) is 9.83 Å². The van der Waals surface area contributed by atoms with Gasteiger partial charge in [0.1, 0.15) is 0 Å². The molecule has 1 fully saturated rings. The Morgan fingerprint density at radius 3 is 2.52 bits per heavy atom. The molecule has 0 radical (unpaired) electrons. The van der Waals surface area contributed by atoms with Crippen LogP contribution in [-0.4, -0.2) is 52.2 Å². The number of piperazine rings is 1. The smallest absolute Gasteiger partial charge is 0.311 e. The standard InChI is InChI=1S/C24H20N4O4S/c29-21-9-8-16(14-20(21)28(31)32)15-22-23(30)25-24(33-22)27-12-10-26(11-13-27)19-7-3-5-17-4-1-2-6-18(17)19/h1-9,14-15,29H,10-13H2/b22-15-. The number of phenols is 1. The second kappa shape index (κ2) is 8.59. The number of amidine groups is 1. The molecule has 5 rings (SSSR count). The average molecular weight is 461 g/mol. The van der Waals surface area contributed by atoms with Crippen LogP contribution in [0.15, 0.2) is 70.6 Å². The number of hydrogen-bond donors (Lipinski definition) is 1. The summed E-state index contributed by atoms with van der Waals surface area (Å²) in [7, 11) is 0. The number of carbonyl (C=O) groups is 1. The highest BCUT2D eigenvalue weighted by molar-refractivity contribution is 8.18. The van der Waals surface area contributed by atoms with Crippen LogP contribution < -0.4 is 4.90 Å². The van der Waals surface area contributed by atoms with Gasteiger partial charge in [-0.1, -0.05) is 42.5 Å². The molecule has 1 saturated heterocycles. The number of hydrogen-bond acceptors (Lipinski definition) is 7. The summed E-state index contributed by atoms with van der Waals surface area (Å²) < 4.78 is 0. The first-order valence-corrected chi connectivity index (χ1v) is 11.3. The molecule has 33 heavy (non-hydrogen) atoms. The molecule has 0 saturated carbocycles. The van der Waals surface area contributed by atoms with Gasteiger partial charge in [-0.2, -0.15) is 4.99 Å². The van der Waals surface area contributed by atoms with Crippen molar-refractivity contribution in [2.75, 3.05) is 31.1 Å². The Labute approximate surface area is 194 Å². The van der Waals surface area contributed by atoms with Crippen LogP contribution in [0.25, 0.3) is 16.8 Å². The minimum absolute atomic E-state index is 0.359. The predicted molar refractivity (Wildman–Crippen MR) is 131 cm³/mol. The fourth-order valence-corrected chi connectivity index (χ4v) is 5.05. The van der Waals surface area contributed by atoms with Gasteiger partial charge in [0.2, 0.25) is 0 Å². The van der Waals surface area contributed by atoms with Crippen LogP contribution in [0.1, 0.15) is 5.56 Å². The highest BCUT2D eigenvalue weighted by Crippen LogP contribution is 2.34. The maximum absolute atomic E-state index is 12.5. The van der Waals surface area contributed by atoms with E-state index < -0.39 is 16.4 Å². The lowest BCUT2D eigenvalue weighted by Gasteiger charge is -2.37. The third-order valence-electron chi connectivity index (χ3n) is 5.76. The fraction of sp³-hybridized carbons (Fsp3) is 0.167. The summed E-state index contributed by atoms with van der Waals surface area (Å²) >= 11 is 1.27. The Morgan fingerprint density at radius 2 is 1.73 bits per heavy atom. The average Bonchev–Trinajstić information content (AvgIpc) is 3.20. The predicted octanol–water partition coefficient (Wildman–Crippen LogP) is 4.25. The number of carbonyl (C=O) groups excluding carboxylic acids is 1. The van der Waals surface area contributed by atoms with Crippen LogP contribution in [0.2, 0.25) is 0 Å². The molecule has 0 spiro atoms. The summed E-state index contributed by atoms with van der Waals surface area (Å²) in [6.07, 6.45) is 1.57. The number of fused-ring (bicyclic) bond motifs is 1. The number of phenolic OH excluding ortho intramolecular Hbond substituents is 1. The van der Waals surface area contributed by atoms with E-state index in [9.17, 15) is 20.0 Å². The zero-order valence-electron chi connectivity index (χ0n) is 17.5. The second-order valence-electron chi connectivity index (χ2n) is 7.79. The van der Waals surface area contributed by atoms with Crippen molar-refractivity contribution in [3.05, 3.63) is 81.2 Å². The Bertz CT molecular complexity index is 1320. The maximum Gasteiger partial charge on any atom is 0.311 e. The summed E-state index contributed by atoms with van der Waals surface area (Å²) in [6, 6.07) is 18.7. The van der Waals surface area contributed by atoms with Crippen LogP contribution >= 0.6 is 11.8 Å². The molecule has 2 aliphatic rings. The molecule has 0 atom stereocenters. The van der Waals surface area contributed by atoms with Gasteiger partial charge in [-0.3, -0.25) is 14.9 Å². The SMILES string of the molecule is O=C1N=C(N2CCN(c3cccc4ccccc34)CC2)S/C1=C\c1ccc(O)c([N+](=O)[O-])c1. The molecule has 0 aliphatic carbocycles. The van der Waals surface area contributed by atoms with Crippen molar-refractivity contribution in [3.63, 3.8) is 0 Å². The molecule has 9 heteroatoms. The number of amides is 1. The number of thioether (sulfide) groups is 1. The summed E-state index contributed by atoms with van der Waals surface area (Å²) in [5.74, 6) is -0.768. The lowest BCUT2D eigenvalue weighted by atomic mass is 10.1. The van der Waals surface area contributed by atoms with E-state index in [4.69, 9.17) is 0 Å². The number of nitro benzene ring substituents is 1. The van der Waals surface area contributed by atoms with Gasteiger partial charge in [0, 0.05) is 43.3 Å². The van der Waals surface area contributed by atoms with Crippen LogP contribution in [-0.2, 0) is 4.79 Å². The van der Waals surface area contributed by atoms with Gasteiger partial charge < -0.3 is 14.9 Å². The van der Waals surface area contributed by atoms with Crippen molar-refractivity contribution < 1.29 is 14.8 Å². The Kier molecular flexibility index (Phi) is 5.47. The number of nitro groups is 1. The summed E-state index contributed by atoms with van der Waals surface area (Å²) in [6.45, 7) is 3.09. The quantitative estimate of drug-likeness (QED) is 0.354. The number of nitrogens with zero attached hydrogens (tertiary/aromatic N) is 4. The highest BCUT2D eigenvalue weighted by Gasteiger charge is 2.29. The summed E-state index contributed by atoms with van der Waals surface area (Å²) in [4.78, 5) is 31.9. The Morgan fingerprint density at radius 1 is 1.00 bits per heavy atom. The molecule has 166 valence electrons. The van der Waals surface area contributed by atoms with E-state index in [1.54, 1.807) is 6.08 Å². The lowest BCUT2D eigenvalue weighted by molar-refractivity contribution is -0.385. The third-order valence-corrected chi connectivity index (χ3v) is 6.81. The zero-order chi connectivity index (χ0) is 22.9.